The highest BCUT2D eigenvalue weighted by molar-refractivity contribution is 9.09. The molecule has 2 atom stereocenters. The smallest absolute Gasteiger partial charge is 0.287 e. The topological polar surface area (TPSA) is 42.2 Å². The number of halogens is 1. The zero-order valence-electron chi connectivity index (χ0n) is 12.2. The van der Waals surface area contributed by atoms with Gasteiger partial charge in [-0.1, -0.05) is 46.8 Å². The van der Waals surface area contributed by atoms with Crippen LogP contribution in [0, 0.1) is 6.92 Å². The van der Waals surface area contributed by atoms with E-state index in [4.69, 9.17) is 4.42 Å². The van der Waals surface area contributed by atoms with E-state index in [1.807, 2.05) is 31.2 Å². The van der Waals surface area contributed by atoms with E-state index < -0.39 is 0 Å². The number of amides is 1. The van der Waals surface area contributed by atoms with Crippen LogP contribution in [0.2, 0.25) is 0 Å². The van der Waals surface area contributed by atoms with Crippen molar-refractivity contribution in [2.45, 2.75) is 49.9 Å². The average molecular weight is 350 g/mol. The Morgan fingerprint density at radius 1 is 1.24 bits per heavy atom. The van der Waals surface area contributed by atoms with Crippen molar-refractivity contribution in [3.8, 4) is 0 Å². The summed E-state index contributed by atoms with van der Waals surface area (Å²) in [6, 6.07) is 7.97. The molecule has 0 bridgehead atoms. The molecular formula is C17H20BrNO2. The van der Waals surface area contributed by atoms with Gasteiger partial charge < -0.3 is 9.73 Å². The lowest BCUT2D eigenvalue weighted by atomic mass is 10.1. The second-order valence-corrected chi connectivity index (χ2v) is 7.06. The third-order valence-corrected chi connectivity index (χ3v) is 5.24. The molecule has 1 saturated carbocycles. The van der Waals surface area contributed by atoms with Gasteiger partial charge in [-0.25, -0.2) is 0 Å². The monoisotopic (exact) mass is 349 g/mol. The number of fused-ring (bicyclic) bond motifs is 1. The molecule has 1 N–H and O–H groups in total. The average Bonchev–Trinajstić information content (AvgIpc) is 2.78. The first kappa shape index (κ1) is 14.6. The van der Waals surface area contributed by atoms with Crippen molar-refractivity contribution in [1.29, 1.82) is 0 Å². The lowest BCUT2D eigenvalue weighted by molar-refractivity contribution is 0.0909. The maximum absolute atomic E-state index is 12.4. The van der Waals surface area contributed by atoms with E-state index in [0.717, 1.165) is 23.8 Å². The number of rotatable bonds is 2. The highest BCUT2D eigenvalue weighted by Gasteiger charge is 2.24. The van der Waals surface area contributed by atoms with Crippen molar-refractivity contribution < 1.29 is 9.21 Å². The predicted octanol–water partition coefficient (Wildman–Crippen LogP) is 4.57. The van der Waals surface area contributed by atoms with E-state index in [9.17, 15) is 4.79 Å². The first-order chi connectivity index (χ1) is 10.1. The molecule has 2 aromatic rings. The zero-order valence-corrected chi connectivity index (χ0v) is 13.8. The summed E-state index contributed by atoms with van der Waals surface area (Å²) >= 11 is 3.70. The van der Waals surface area contributed by atoms with Gasteiger partial charge in [0, 0.05) is 16.3 Å². The third-order valence-electron chi connectivity index (χ3n) is 4.14. The van der Waals surface area contributed by atoms with Crippen molar-refractivity contribution in [2.24, 2.45) is 0 Å². The number of alkyl halides is 1. The van der Waals surface area contributed by atoms with E-state index in [-0.39, 0.29) is 11.9 Å². The normalized spacial score (nSPS) is 23.0. The Hall–Kier alpha value is -1.29. The molecule has 1 heterocycles. The molecule has 2 unspecified atom stereocenters. The molecule has 1 amide bonds. The van der Waals surface area contributed by atoms with Crippen LogP contribution in [0.3, 0.4) is 0 Å². The Kier molecular flexibility index (Phi) is 4.34. The van der Waals surface area contributed by atoms with Gasteiger partial charge >= 0.3 is 0 Å². The molecule has 1 aliphatic rings. The molecule has 0 radical (unpaired) electrons. The number of nitrogens with one attached hydrogen (secondary N) is 1. The fourth-order valence-electron chi connectivity index (χ4n) is 2.94. The molecule has 21 heavy (non-hydrogen) atoms. The molecule has 0 aliphatic heterocycles. The fourth-order valence-corrected chi connectivity index (χ4v) is 3.66. The van der Waals surface area contributed by atoms with Gasteiger partial charge in [0.2, 0.25) is 0 Å². The van der Waals surface area contributed by atoms with Crippen LogP contribution in [0.4, 0.5) is 0 Å². The van der Waals surface area contributed by atoms with Crippen LogP contribution in [0.25, 0.3) is 11.0 Å². The first-order valence-corrected chi connectivity index (χ1v) is 8.50. The lowest BCUT2D eigenvalue weighted by Crippen LogP contribution is -2.40. The van der Waals surface area contributed by atoms with Crippen LogP contribution in [0.1, 0.15) is 48.2 Å². The molecule has 112 valence electrons. The van der Waals surface area contributed by atoms with Crippen LogP contribution in [-0.2, 0) is 0 Å². The Morgan fingerprint density at radius 2 is 2.05 bits per heavy atom. The minimum Gasteiger partial charge on any atom is -0.451 e. The minimum absolute atomic E-state index is 0.111. The van der Waals surface area contributed by atoms with Crippen LogP contribution in [0.5, 0.6) is 0 Å². The van der Waals surface area contributed by atoms with E-state index in [1.54, 1.807) is 0 Å². The summed E-state index contributed by atoms with van der Waals surface area (Å²) in [4.78, 5) is 12.8. The van der Waals surface area contributed by atoms with E-state index >= 15 is 0 Å². The first-order valence-electron chi connectivity index (χ1n) is 7.58. The minimum atomic E-state index is -0.111. The van der Waals surface area contributed by atoms with Gasteiger partial charge in [0.25, 0.3) is 5.91 Å². The number of carbonyl (C=O) groups excluding carboxylic acids is 1. The van der Waals surface area contributed by atoms with Gasteiger partial charge in [-0.05, 0) is 38.0 Å². The summed E-state index contributed by atoms with van der Waals surface area (Å²) in [7, 11) is 0. The predicted molar refractivity (Wildman–Crippen MR) is 88.0 cm³/mol. The molecule has 1 aromatic carbocycles. The summed E-state index contributed by atoms with van der Waals surface area (Å²) in [5.41, 5.74) is 1.93. The number of aryl methyl sites for hydroxylation is 1. The number of furan rings is 1. The van der Waals surface area contributed by atoms with Gasteiger partial charge in [-0.2, -0.15) is 0 Å². The summed E-state index contributed by atoms with van der Waals surface area (Å²) in [6.07, 6.45) is 5.79. The van der Waals surface area contributed by atoms with Gasteiger partial charge in [-0.15, -0.1) is 0 Å². The standard InChI is InChI=1S/C17H20BrNO2/c1-11-7-8-15-12(9-11)10-16(21-15)17(20)19-14-6-4-2-3-5-13(14)18/h7-10,13-14H,2-6H2,1H3,(H,19,20). The molecule has 3 rings (SSSR count). The molecule has 4 heteroatoms. The second kappa shape index (κ2) is 6.22. The quantitative estimate of drug-likeness (QED) is 0.637. The van der Waals surface area contributed by atoms with E-state index in [2.05, 4.69) is 21.2 Å². The van der Waals surface area contributed by atoms with Crippen molar-refractivity contribution in [1.82, 2.24) is 5.32 Å². The Morgan fingerprint density at radius 3 is 2.90 bits per heavy atom. The number of hydrogen-bond donors (Lipinski definition) is 1. The highest BCUT2D eigenvalue weighted by Crippen LogP contribution is 2.25. The van der Waals surface area contributed by atoms with Crippen LogP contribution < -0.4 is 5.32 Å². The van der Waals surface area contributed by atoms with Crippen molar-refractivity contribution in [3.63, 3.8) is 0 Å². The Balaban J connectivity index is 1.76. The van der Waals surface area contributed by atoms with E-state index in [0.29, 0.717) is 10.6 Å². The molecular weight excluding hydrogens is 330 g/mol. The molecule has 3 nitrogen and oxygen atoms in total. The molecule has 0 spiro atoms. The van der Waals surface area contributed by atoms with Crippen molar-refractivity contribution >= 4 is 32.8 Å². The van der Waals surface area contributed by atoms with Gasteiger partial charge in [0.1, 0.15) is 5.58 Å². The number of benzene rings is 1. The summed E-state index contributed by atoms with van der Waals surface area (Å²) in [5.74, 6) is 0.291. The highest BCUT2D eigenvalue weighted by atomic mass is 79.9. The van der Waals surface area contributed by atoms with Crippen molar-refractivity contribution in [2.75, 3.05) is 0 Å². The van der Waals surface area contributed by atoms with E-state index in [1.165, 1.54) is 24.8 Å². The van der Waals surface area contributed by atoms with Gasteiger partial charge in [-0.3, -0.25) is 4.79 Å². The number of hydrogen-bond acceptors (Lipinski definition) is 2. The molecule has 0 saturated heterocycles. The molecule has 1 fully saturated rings. The fraction of sp³-hybridized carbons (Fsp3) is 0.471. The van der Waals surface area contributed by atoms with Crippen LogP contribution in [0.15, 0.2) is 28.7 Å². The Bertz CT molecular complexity index is 649. The number of carbonyl (C=O) groups is 1. The molecule has 1 aromatic heterocycles. The molecule has 1 aliphatic carbocycles. The van der Waals surface area contributed by atoms with Gasteiger partial charge in [0.15, 0.2) is 5.76 Å². The Labute approximate surface area is 133 Å². The third kappa shape index (κ3) is 3.31. The van der Waals surface area contributed by atoms with Gasteiger partial charge in [0.05, 0.1) is 0 Å². The SMILES string of the molecule is Cc1ccc2oc(C(=O)NC3CCCCCC3Br)cc2c1. The maximum Gasteiger partial charge on any atom is 0.287 e. The van der Waals surface area contributed by atoms with Crippen LogP contribution >= 0.6 is 15.9 Å². The second-order valence-electron chi connectivity index (χ2n) is 5.89. The summed E-state index contributed by atoms with van der Waals surface area (Å²) < 4.78 is 5.67. The van der Waals surface area contributed by atoms with Crippen molar-refractivity contribution in [3.05, 3.63) is 35.6 Å². The summed E-state index contributed by atoms with van der Waals surface area (Å²) in [6.45, 7) is 2.03. The van der Waals surface area contributed by atoms with Crippen LogP contribution in [-0.4, -0.2) is 16.8 Å². The largest absolute Gasteiger partial charge is 0.451 e. The summed E-state index contributed by atoms with van der Waals surface area (Å²) in [5, 5.41) is 4.10. The lowest BCUT2D eigenvalue weighted by Gasteiger charge is -2.20. The zero-order chi connectivity index (χ0) is 14.8. The maximum atomic E-state index is 12.4.